The summed E-state index contributed by atoms with van der Waals surface area (Å²) in [6.45, 7) is 4.70. The second kappa shape index (κ2) is 8.97. The largest absolute Gasteiger partial charge is 0.491 e. The Labute approximate surface area is 126 Å². The number of ether oxygens (including phenoxy) is 2. The van der Waals surface area contributed by atoms with Gasteiger partial charge in [-0.3, -0.25) is 4.98 Å². The molecule has 0 saturated heterocycles. The molecule has 0 saturated carbocycles. The Morgan fingerprint density at radius 3 is 2.76 bits per heavy atom. The second-order valence-electron chi connectivity index (χ2n) is 4.68. The molecule has 0 aliphatic rings. The molecule has 0 fully saturated rings. The van der Waals surface area contributed by atoms with Crippen LogP contribution in [0.1, 0.15) is 19.0 Å². The van der Waals surface area contributed by atoms with Crippen molar-refractivity contribution in [1.82, 2.24) is 4.98 Å². The summed E-state index contributed by atoms with van der Waals surface area (Å²) in [5, 5.41) is 3.34. The molecular formula is C17H22N2O2. The van der Waals surface area contributed by atoms with Crippen LogP contribution >= 0.6 is 0 Å². The summed E-state index contributed by atoms with van der Waals surface area (Å²) in [4.78, 5) is 4.30. The summed E-state index contributed by atoms with van der Waals surface area (Å²) in [6.07, 6.45) is 2.90. The van der Waals surface area contributed by atoms with Crippen molar-refractivity contribution in [2.24, 2.45) is 0 Å². The molecule has 1 N–H and O–H groups in total. The number of aromatic nitrogens is 1. The maximum Gasteiger partial charge on any atom is 0.119 e. The van der Waals surface area contributed by atoms with Crippen LogP contribution in [0.2, 0.25) is 0 Å². The number of anilines is 1. The molecule has 1 heterocycles. The Bertz CT molecular complexity index is 517. The first-order chi connectivity index (χ1) is 10.4. The highest BCUT2D eigenvalue weighted by atomic mass is 16.5. The molecule has 0 radical (unpaired) electrons. The van der Waals surface area contributed by atoms with Crippen molar-refractivity contribution in [3.8, 4) is 5.75 Å². The third-order valence-electron chi connectivity index (χ3n) is 2.89. The number of rotatable bonds is 9. The van der Waals surface area contributed by atoms with Crippen LogP contribution in [-0.4, -0.2) is 24.7 Å². The van der Waals surface area contributed by atoms with E-state index in [1.807, 2.05) is 42.5 Å². The van der Waals surface area contributed by atoms with Gasteiger partial charge in [0.15, 0.2) is 0 Å². The van der Waals surface area contributed by atoms with E-state index in [1.54, 1.807) is 6.20 Å². The maximum atomic E-state index is 5.59. The van der Waals surface area contributed by atoms with Gasteiger partial charge >= 0.3 is 0 Å². The first-order valence-electron chi connectivity index (χ1n) is 7.33. The first-order valence-corrected chi connectivity index (χ1v) is 7.33. The van der Waals surface area contributed by atoms with Gasteiger partial charge in [0.1, 0.15) is 12.4 Å². The molecule has 2 rings (SSSR count). The molecule has 1 aromatic carbocycles. The van der Waals surface area contributed by atoms with Crippen molar-refractivity contribution < 1.29 is 9.47 Å². The molecule has 112 valence electrons. The normalized spacial score (nSPS) is 10.3. The van der Waals surface area contributed by atoms with E-state index in [0.717, 1.165) is 30.1 Å². The predicted molar refractivity (Wildman–Crippen MR) is 84.6 cm³/mol. The van der Waals surface area contributed by atoms with Crippen LogP contribution < -0.4 is 10.1 Å². The fourth-order valence-electron chi connectivity index (χ4n) is 1.85. The number of benzene rings is 1. The van der Waals surface area contributed by atoms with E-state index in [2.05, 4.69) is 17.2 Å². The lowest BCUT2D eigenvalue weighted by atomic mass is 10.3. The molecule has 0 amide bonds. The van der Waals surface area contributed by atoms with Gasteiger partial charge < -0.3 is 14.8 Å². The minimum Gasteiger partial charge on any atom is -0.491 e. The highest BCUT2D eigenvalue weighted by molar-refractivity contribution is 5.42. The summed E-state index contributed by atoms with van der Waals surface area (Å²) in [5.41, 5.74) is 2.02. The van der Waals surface area contributed by atoms with Crippen LogP contribution in [0.4, 0.5) is 5.69 Å². The first kappa shape index (κ1) is 15.3. The Kier molecular flexibility index (Phi) is 6.55. The lowest BCUT2D eigenvalue weighted by molar-refractivity contribution is 0.0870. The van der Waals surface area contributed by atoms with Gasteiger partial charge in [-0.05, 0) is 30.7 Å². The molecule has 0 atom stereocenters. The Balaban J connectivity index is 1.66. The van der Waals surface area contributed by atoms with E-state index in [9.17, 15) is 0 Å². The third kappa shape index (κ3) is 5.83. The standard InChI is InChI=1S/C17H22N2O2/c1-2-9-18-15-8-10-19-16(13-15)14-20-11-12-21-17-6-4-3-5-7-17/h3-8,10,13H,2,9,11-12,14H2,1H3,(H,18,19). The number of hydrogen-bond acceptors (Lipinski definition) is 4. The molecule has 4 nitrogen and oxygen atoms in total. The van der Waals surface area contributed by atoms with E-state index < -0.39 is 0 Å². The zero-order valence-corrected chi connectivity index (χ0v) is 12.4. The van der Waals surface area contributed by atoms with Crippen LogP contribution in [0.15, 0.2) is 48.7 Å². The number of para-hydroxylation sites is 1. The average molecular weight is 286 g/mol. The van der Waals surface area contributed by atoms with Crippen LogP contribution in [0.3, 0.4) is 0 Å². The van der Waals surface area contributed by atoms with Gasteiger partial charge in [-0.15, -0.1) is 0 Å². The van der Waals surface area contributed by atoms with Crippen LogP contribution in [0, 0.1) is 0 Å². The van der Waals surface area contributed by atoms with Crippen molar-refractivity contribution in [3.63, 3.8) is 0 Å². The number of nitrogens with one attached hydrogen (secondary N) is 1. The number of nitrogens with zero attached hydrogens (tertiary/aromatic N) is 1. The van der Waals surface area contributed by atoms with Crippen molar-refractivity contribution in [3.05, 3.63) is 54.4 Å². The molecule has 0 aliphatic carbocycles. The van der Waals surface area contributed by atoms with E-state index in [-0.39, 0.29) is 0 Å². The van der Waals surface area contributed by atoms with E-state index in [4.69, 9.17) is 9.47 Å². The van der Waals surface area contributed by atoms with Gasteiger partial charge in [0.2, 0.25) is 0 Å². The number of hydrogen-bond donors (Lipinski definition) is 1. The summed E-state index contributed by atoms with van der Waals surface area (Å²) in [6, 6.07) is 13.7. The van der Waals surface area contributed by atoms with Crippen LogP contribution in [-0.2, 0) is 11.3 Å². The second-order valence-corrected chi connectivity index (χ2v) is 4.68. The molecule has 2 aromatic rings. The van der Waals surface area contributed by atoms with Crippen molar-refractivity contribution in [1.29, 1.82) is 0 Å². The lowest BCUT2D eigenvalue weighted by Crippen LogP contribution is -2.07. The van der Waals surface area contributed by atoms with Crippen LogP contribution in [0.25, 0.3) is 0 Å². The fraction of sp³-hybridized carbons (Fsp3) is 0.353. The highest BCUT2D eigenvalue weighted by Crippen LogP contribution is 2.10. The van der Waals surface area contributed by atoms with Crippen molar-refractivity contribution >= 4 is 5.69 Å². The molecule has 1 aromatic heterocycles. The Hall–Kier alpha value is -2.07. The van der Waals surface area contributed by atoms with Crippen molar-refractivity contribution in [2.75, 3.05) is 25.1 Å². The lowest BCUT2D eigenvalue weighted by Gasteiger charge is -2.08. The van der Waals surface area contributed by atoms with Gasteiger partial charge in [0, 0.05) is 18.4 Å². The molecule has 21 heavy (non-hydrogen) atoms. The Morgan fingerprint density at radius 2 is 1.95 bits per heavy atom. The van der Waals surface area contributed by atoms with Gasteiger partial charge in [-0.2, -0.15) is 0 Å². The summed E-state index contributed by atoms with van der Waals surface area (Å²) >= 11 is 0. The molecule has 0 unspecified atom stereocenters. The monoisotopic (exact) mass is 286 g/mol. The van der Waals surface area contributed by atoms with Gasteiger partial charge in [0.25, 0.3) is 0 Å². The van der Waals surface area contributed by atoms with E-state index in [0.29, 0.717) is 19.8 Å². The smallest absolute Gasteiger partial charge is 0.119 e. The van der Waals surface area contributed by atoms with E-state index >= 15 is 0 Å². The van der Waals surface area contributed by atoms with Gasteiger partial charge in [0.05, 0.1) is 18.9 Å². The van der Waals surface area contributed by atoms with Crippen molar-refractivity contribution in [2.45, 2.75) is 20.0 Å². The predicted octanol–water partition coefficient (Wildman–Crippen LogP) is 3.50. The quantitative estimate of drug-likeness (QED) is 0.717. The Morgan fingerprint density at radius 1 is 1.10 bits per heavy atom. The minimum absolute atomic E-state index is 0.500. The SMILES string of the molecule is CCCNc1ccnc(COCCOc2ccccc2)c1. The highest BCUT2D eigenvalue weighted by Gasteiger charge is 1.98. The zero-order chi connectivity index (χ0) is 14.8. The summed E-state index contributed by atoms with van der Waals surface area (Å²) < 4.78 is 11.1. The molecule has 0 spiro atoms. The third-order valence-corrected chi connectivity index (χ3v) is 2.89. The molecular weight excluding hydrogens is 264 g/mol. The molecule has 0 bridgehead atoms. The molecule has 4 heteroatoms. The van der Waals surface area contributed by atoms with Crippen LogP contribution in [0.5, 0.6) is 5.75 Å². The number of pyridine rings is 1. The van der Waals surface area contributed by atoms with Gasteiger partial charge in [-0.1, -0.05) is 25.1 Å². The van der Waals surface area contributed by atoms with E-state index in [1.165, 1.54) is 0 Å². The zero-order valence-electron chi connectivity index (χ0n) is 12.4. The summed E-state index contributed by atoms with van der Waals surface area (Å²) in [7, 11) is 0. The molecule has 0 aliphatic heterocycles. The van der Waals surface area contributed by atoms with Gasteiger partial charge in [-0.25, -0.2) is 0 Å². The minimum atomic E-state index is 0.500. The maximum absolute atomic E-state index is 5.59. The average Bonchev–Trinajstić information content (AvgIpc) is 2.54. The topological polar surface area (TPSA) is 43.4 Å². The summed E-state index contributed by atoms with van der Waals surface area (Å²) in [5.74, 6) is 0.866. The fourth-order valence-corrected chi connectivity index (χ4v) is 1.85.